The molecule has 2 rings (SSSR count). The minimum Gasteiger partial charge on any atom is -0.477 e. The van der Waals surface area contributed by atoms with E-state index in [0.29, 0.717) is 17.2 Å². The summed E-state index contributed by atoms with van der Waals surface area (Å²) in [5, 5.41) is 20.0. The first-order valence-electron chi connectivity index (χ1n) is 5.23. The van der Waals surface area contributed by atoms with Gasteiger partial charge < -0.3 is 10.4 Å². The average Bonchev–Trinajstić information content (AvgIpc) is 2.81. The van der Waals surface area contributed by atoms with E-state index in [1.54, 1.807) is 24.3 Å². The van der Waals surface area contributed by atoms with Crippen LogP contribution in [-0.4, -0.2) is 21.4 Å². The lowest BCUT2D eigenvalue weighted by Crippen LogP contribution is -2.13. The SMILES string of the molecule is N#Cc1ccccc1NC(=O)c1nsc(C(=O)O)c1Cl. The van der Waals surface area contributed by atoms with Gasteiger partial charge in [-0.1, -0.05) is 23.7 Å². The van der Waals surface area contributed by atoms with E-state index in [9.17, 15) is 9.59 Å². The Morgan fingerprint density at radius 3 is 2.70 bits per heavy atom. The van der Waals surface area contributed by atoms with E-state index in [1.807, 2.05) is 6.07 Å². The zero-order valence-corrected chi connectivity index (χ0v) is 11.3. The number of nitrogens with one attached hydrogen (secondary N) is 1. The van der Waals surface area contributed by atoms with Gasteiger partial charge in [0.25, 0.3) is 5.91 Å². The third-order valence-corrected chi connectivity index (χ3v) is 3.66. The van der Waals surface area contributed by atoms with Crippen LogP contribution in [0.1, 0.15) is 25.7 Å². The standard InChI is InChI=1S/C12H6ClN3O3S/c13-8-9(16-20-10(8)12(18)19)11(17)15-7-4-2-1-3-6(7)5-14/h1-4H,(H,15,17)(H,18,19). The lowest BCUT2D eigenvalue weighted by molar-refractivity contribution is 0.0702. The molecule has 0 unspecified atom stereocenters. The van der Waals surface area contributed by atoms with Gasteiger partial charge in [-0.25, -0.2) is 4.79 Å². The Bertz CT molecular complexity index is 736. The highest BCUT2D eigenvalue weighted by atomic mass is 35.5. The Hall–Kier alpha value is -2.43. The lowest BCUT2D eigenvalue weighted by Gasteiger charge is -2.05. The van der Waals surface area contributed by atoms with Crippen LogP contribution in [0.15, 0.2) is 24.3 Å². The third kappa shape index (κ3) is 2.61. The molecule has 2 aromatic rings. The van der Waals surface area contributed by atoms with Crippen LogP contribution in [0.4, 0.5) is 5.69 Å². The summed E-state index contributed by atoms with van der Waals surface area (Å²) in [6.45, 7) is 0. The summed E-state index contributed by atoms with van der Waals surface area (Å²) in [4.78, 5) is 22.6. The summed E-state index contributed by atoms with van der Waals surface area (Å²) < 4.78 is 3.72. The summed E-state index contributed by atoms with van der Waals surface area (Å²) >= 11 is 6.42. The van der Waals surface area contributed by atoms with Crippen molar-refractivity contribution in [3.63, 3.8) is 0 Å². The number of rotatable bonds is 3. The molecule has 0 saturated heterocycles. The molecular weight excluding hydrogens is 302 g/mol. The number of nitriles is 1. The Kier molecular flexibility index (Phi) is 3.98. The summed E-state index contributed by atoms with van der Waals surface area (Å²) in [6.07, 6.45) is 0. The molecular formula is C12H6ClN3O3S. The Morgan fingerprint density at radius 1 is 1.40 bits per heavy atom. The number of carbonyl (C=O) groups is 2. The van der Waals surface area contributed by atoms with Gasteiger partial charge in [0.15, 0.2) is 10.6 Å². The highest BCUT2D eigenvalue weighted by Gasteiger charge is 2.22. The van der Waals surface area contributed by atoms with E-state index < -0.39 is 11.9 Å². The van der Waals surface area contributed by atoms with Crippen molar-refractivity contribution in [2.24, 2.45) is 0 Å². The summed E-state index contributed by atoms with van der Waals surface area (Å²) in [7, 11) is 0. The van der Waals surface area contributed by atoms with Crippen molar-refractivity contribution < 1.29 is 14.7 Å². The van der Waals surface area contributed by atoms with Gasteiger partial charge in [-0.3, -0.25) is 4.79 Å². The number of benzene rings is 1. The molecule has 1 aromatic carbocycles. The lowest BCUT2D eigenvalue weighted by atomic mass is 10.2. The molecule has 6 nitrogen and oxygen atoms in total. The van der Waals surface area contributed by atoms with Gasteiger partial charge in [0.1, 0.15) is 6.07 Å². The number of hydrogen-bond acceptors (Lipinski definition) is 5. The fourth-order valence-electron chi connectivity index (χ4n) is 1.42. The Balaban J connectivity index is 2.30. The fraction of sp³-hybridized carbons (Fsp3) is 0. The van der Waals surface area contributed by atoms with Gasteiger partial charge in [-0.15, -0.1) is 0 Å². The van der Waals surface area contributed by atoms with Crippen LogP contribution in [0.2, 0.25) is 5.02 Å². The normalized spacial score (nSPS) is 9.80. The maximum Gasteiger partial charge on any atom is 0.349 e. The van der Waals surface area contributed by atoms with Gasteiger partial charge in [0, 0.05) is 0 Å². The van der Waals surface area contributed by atoms with Gasteiger partial charge in [0.2, 0.25) is 0 Å². The molecule has 0 bridgehead atoms. The maximum absolute atomic E-state index is 12.0. The summed E-state index contributed by atoms with van der Waals surface area (Å²) in [5.74, 6) is -1.91. The molecule has 1 heterocycles. The van der Waals surface area contributed by atoms with Crippen molar-refractivity contribution in [2.75, 3.05) is 5.32 Å². The van der Waals surface area contributed by atoms with Crippen LogP contribution >= 0.6 is 23.1 Å². The van der Waals surface area contributed by atoms with E-state index in [1.165, 1.54) is 0 Å². The Morgan fingerprint density at radius 2 is 2.10 bits per heavy atom. The van der Waals surface area contributed by atoms with Crippen LogP contribution in [0, 0.1) is 11.3 Å². The number of hydrogen-bond donors (Lipinski definition) is 2. The zero-order valence-electron chi connectivity index (χ0n) is 9.75. The molecule has 0 saturated carbocycles. The first-order valence-corrected chi connectivity index (χ1v) is 6.38. The van der Waals surface area contributed by atoms with Crippen molar-refractivity contribution in [3.05, 3.63) is 45.4 Å². The minimum absolute atomic E-state index is 0.179. The molecule has 0 aliphatic carbocycles. The minimum atomic E-state index is -1.25. The smallest absolute Gasteiger partial charge is 0.349 e. The molecule has 100 valence electrons. The van der Waals surface area contributed by atoms with Gasteiger partial charge in [0.05, 0.1) is 16.3 Å². The number of aromatic nitrogens is 1. The second-order valence-electron chi connectivity index (χ2n) is 3.59. The van der Waals surface area contributed by atoms with Crippen LogP contribution in [0.3, 0.4) is 0 Å². The van der Waals surface area contributed by atoms with E-state index in [2.05, 4.69) is 9.69 Å². The number of carbonyl (C=O) groups excluding carboxylic acids is 1. The molecule has 0 aliphatic heterocycles. The van der Waals surface area contributed by atoms with E-state index in [4.69, 9.17) is 22.0 Å². The summed E-state index contributed by atoms with van der Waals surface area (Å²) in [6, 6.07) is 8.34. The average molecular weight is 308 g/mol. The predicted molar refractivity (Wildman–Crippen MR) is 73.2 cm³/mol. The second kappa shape index (κ2) is 5.69. The zero-order chi connectivity index (χ0) is 14.7. The second-order valence-corrected chi connectivity index (χ2v) is 4.74. The molecule has 8 heteroatoms. The number of para-hydroxylation sites is 1. The largest absolute Gasteiger partial charge is 0.477 e. The summed E-state index contributed by atoms with van der Waals surface area (Å²) in [5.41, 5.74) is 0.411. The molecule has 20 heavy (non-hydrogen) atoms. The Labute approximate surface area is 122 Å². The van der Waals surface area contributed by atoms with Crippen LogP contribution in [-0.2, 0) is 0 Å². The monoisotopic (exact) mass is 307 g/mol. The topological polar surface area (TPSA) is 103 Å². The van der Waals surface area contributed by atoms with Crippen LogP contribution in [0.5, 0.6) is 0 Å². The highest BCUT2D eigenvalue weighted by molar-refractivity contribution is 7.09. The van der Waals surface area contributed by atoms with E-state index in [0.717, 1.165) is 0 Å². The first-order chi connectivity index (χ1) is 9.54. The molecule has 0 spiro atoms. The maximum atomic E-state index is 12.0. The van der Waals surface area contributed by atoms with Crippen molar-refractivity contribution in [3.8, 4) is 6.07 Å². The number of halogens is 1. The molecule has 0 fully saturated rings. The number of carboxylic acids is 1. The molecule has 2 N–H and O–H groups in total. The van der Waals surface area contributed by atoms with Crippen molar-refractivity contribution in [1.29, 1.82) is 5.26 Å². The van der Waals surface area contributed by atoms with Crippen LogP contribution in [0.25, 0.3) is 0 Å². The number of carboxylic acid groups (broad SMARTS) is 1. The van der Waals surface area contributed by atoms with Crippen molar-refractivity contribution in [1.82, 2.24) is 4.37 Å². The predicted octanol–water partition coefficient (Wildman–Crippen LogP) is 2.62. The van der Waals surface area contributed by atoms with Gasteiger partial charge in [-0.2, -0.15) is 9.64 Å². The third-order valence-electron chi connectivity index (χ3n) is 2.34. The van der Waals surface area contributed by atoms with E-state index in [-0.39, 0.29) is 21.2 Å². The molecule has 1 amide bonds. The van der Waals surface area contributed by atoms with Gasteiger partial charge >= 0.3 is 5.97 Å². The quantitative estimate of drug-likeness (QED) is 0.907. The van der Waals surface area contributed by atoms with Crippen molar-refractivity contribution in [2.45, 2.75) is 0 Å². The molecule has 0 aliphatic rings. The first kappa shape index (κ1) is 14.0. The van der Waals surface area contributed by atoms with Crippen molar-refractivity contribution >= 4 is 40.7 Å². The number of aromatic carboxylic acids is 1. The number of anilines is 1. The van der Waals surface area contributed by atoms with Crippen LogP contribution < -0.4 is 5.32 Å². The molecule has 0 radical (unpaired) electrons. The molecule has 1 aromatic heterocycles. The van der Waals surface area contributed by atoms with E-state index >= 15 is 0 Å². The fourth-order valence-corrected chi connectivity index (χ4v) is 2.40. The number of amides is 1. The van der Waals surface area contributed by atoms with Gasteiger partial charge in [-0.05, 0) is 23.7 Å². The number of nitrogens with zero attached hydrogens (tertiary/aromatic N) is 2. The highest BCUT2D eigenvalue weighted by Crippen LogP contribution is 2.26. The molecule has 0 atom stereocenters.